The summed E-state index contributed by atoms with van der Waals surface area (Å²) in [6.45, 7) is 1.89. The molecular formula is C8H4ClN3S2. The fraction of sp³-hybridized carbons (Fsp3) is 0.125. The van der Waals surface area contributed by atoms with E-state index in [1.807, 2.05) is 6.92 Å². The minimum Gasteiger partial charge on any atom is -0.241 e. The van der Waals surface area contributed by atoms with Crippen molar-refractivity contribution in [3.63, 3.8) is 0 Å². The number of halogens is 1. The molecule has 2 aromatic rings. The summed E-state index contributed by atoms with van der Waals surface area (Å²) in [6, 6.07) is 0. The van der Waals surface area contributed by atoms with E-state index in [4.69, 9.17) is 11.6 Å². The van der Waals surface area contributed by atoms with Crippen LogP contribution >= 0.6 is 35.4 Å². The van der Waals surface area contributed by atoms with Crippen molar-refractivity contribution in [2.24, 2.45) is 4.99 Å². The molecule has 0 N–H and O–H groups in total. The topological polar surface area (TPSA) is 38.1 Å². The molecule has 70 valence electrons. The van der Waals surface area contributed by atoms with Crippen LogP contribution in [0.1, 0.15) is 5.69 Å². The number of rotatable bonds is 1. The number of hydrogen-bond donors (Lipinski definition) is 0. The molecule has 0 saturated heterocycles. The van der Waals surface area contributed by atoms with Gasteiger partial charge in [-0.05, 0) is 30.7 Å². The quantitative estimate of drug-likeness (QED) is 0.567. The van der Waals surface area contributed by atoms with Crippen molar-refractivity contribution in [1.82, 2.24) is 9.36 Å². The Kier molecular flexibility index (Phi) is 2.56. The predicted molar refractivity (Wildman–Crippen MR) is 61.8 cm³/mol. The molecule has 2 heterocycles. The van der Waals surface area contributed by atoms with E-state index in [0.29, 0.717) is 10.7 Å². The zero-order valence-corrected chi connectivity index (χ0v) is 9.50. The molecule has 0 atom stereocenters. The monoisotopic (exact) mass is 241 g/mol. The first kappa shape index (κ1) is 9.68. The van der Waals surface area contributed by atoms with Crippen molar-refractivity contribution in [3.8, 4) is 0 Å². The average Bonchev–Trinajstić information content (AvgIpc) is 2.54. The number of thiocarbonyl (C=S) groups is 1. The van der Waals surface area contributed by atoms with Crippen LogP contribution in [0.25, 0.3) is 10.2 Å². The number of pyridine rings is 1. The van der Waals surface area contributed by atoms with Crippen LogP contribution in [0.2, 0.25) is 5.02 Å². The maximum Gasteiger partial charge on any atom is 0.145 e. The third-order valence-corrected chi connectivity index (χ3v) is 3.08. The highest BCUT2D eigenvalue weighted by Gasteiger charge is 2.11. The van der Waals surface area contributed by atoms with Crippen molar-refractivity contribution in [2.75, 3.05) is 0 Å². The summed E-state index contributed by atoms with van der Waals surface area (Å²) in [6.07, 6.45) is 1.57. The molecule has 2 aromatic heterocycles. The van der Waals surface area contributed by atoms with E-state index < -0.39 is 0 Å². The van der Waals surface area contributed by atoms with Crippen LogP contribution < -0.4 is 0 Å². The lowest BCUT2D eigenvalue weighted by Crippen LogP contribution is -1.77. The Bertz CT molecular complexity index is 543. The Morgan fingerprint density at radius 3 is 3.14 bits per heavy atom. The normalized spacial score (nSPS) is 10.1. The maximum absolute atomic E-state index is 6.11. The fourth-order valence-electron chi connectivity index (χ4n) is 1.13. The summed E-state index contributed by atoms with van der Waals surface area (Å²) in [5.74, 6) is 0. The van der Waals surface area contributed by atoms with Crippen molar-refractivity contribution in [3.05, 3.63) is 16.9 Å². The van der Waals surface area contributed by atoms with E-state index in [9.17, 15) is 0 Å². The summed E-state index contributed by atoms with van der Waals surface area (Å²) in [4.78, 5) is 8.81. The van der Waals surface area contributed by atoms with Crippen LogP contribution in [0.15, 0.2) is 11.2 Å². The smallest absolute Gasteiger partial charge is 0.145 e. The van der Waals surface area contributed by atoms with Crippen molar-refractivity contribution in [1.29, 1.82) is 0 Å². The lowest BCUT2D eigenvalue weighted by Gasteiger charge is -1.96. The molecule has 0 radical (unpaired) electrons. The van der Waals surface area contributed by atoms with E-state index in [1.54, 1.807) is 6.20 Å². The van der Waals surface area contributed by atoms with Gasteiger partial charge in [0.15, 0.2) is 0 Å². The third kappa shape index (κ3) is 1.44. The van der Waals surface area contributed by atoms with E-state index in [0.717, 1.165) is 15.9 Å². The Morgan fingerprint density at radius 1 is 1.64 bits per heavy atom. The van der Waals surface area contributed by atoms with Crippen LogP contribution in [-0.4, -0.2) is 14.5 Å². The Labute approximate surface area is 94.6 Å². The Balaban J connectivity index is 2.85. The Morgan fingerprint density at radius 2 is 2.43 bits per heavy atom. The predicted octanol–water partition coefficient (Wildman–Crippen LogP) is 3.39. The minimum atomic E-state index is 0.539. The lowest BCUT2D eigenvalue weighted by atomic mass is 10.3. The molecule has 0 bridgehead atoms. The van der Waals surface area contributed by atoms with Gasteiger partial charge < -0.3 is 0 Å². The fourth-order valence-corrected chi connectivity index (χ4v) is 2.36. The standard InChI is InChI=1S/C8H4ClN3S2/c1-4-6-7(9)5(11-3-13)2-10-8(6)14-12-4/h2H,1H3. The molecular weight excluding hydrogens is 238 g/mol. The molecule has 0 saturated carbocycles. The summed E-state index contributed by atoms with van der Waals surface area (Å²) in [7, 11) is 0. The van der Waals surface area contributed by atoms with E-state index >= 15 is 0 Å². The number of aryl methyl sites for hydroxylation is 1. The molecule has 0 aliphatic carbocycles. The molecule has 14 heavy (non-hydrogen) atoms. The van der Waals surface area contributed by atoms with Crippen molar-refractivity contribution < 1.29 is 0 Å². The molecule has 0 aromatic carbocycles. The van der Waals surface area contributed by atoms with E-state index in [-0.39, 0.29) is 0 Å². The number of nitrogens with zero attached hydrogens (tertiary/aromatic N) is 3. The maximum atomic E-state index is 6.11. The first-order valence-electron chi connectivity index (χ1n) is 3.72. The zero-order chi connectivity index (χ0) is 10.1. The number of aromatic nitrogens is 2. The number of isothiocyanates is 1. The van der Waals surface area contributed by atoms with Gasteiger partial charge in [-0.3, -0.25) is 0 Å². The molecule has 0 amide bonds. The number of aliphatic imine (C=N–C) groups is 1. The summed E-state index contributed by atoms with van der Waals surface area (Å²) < 4.78 is 4.16. The lowest BCUT2D eigenvalue weighted by molar-refractivity contribution is 1.36. The molecule has 6 heteroatoms. The summed E-state index contributed by atoms with van der Waals surface area (Å²) >= 11 is 11.9. The molecule has 0 spiro atoms. The van der Waals surface area contributed by atoms with Crippen LogP contribution in [0.5, 0.6) is 0 Å². The molecule has 2 rings (SSSR count). The second-order valence-corrected chi connectivity index (χ2v) is 3.92. The third-order valence-electron chi connectivity index (χ3n) is 1.76. The van der Waals surface area contributed by atoms with Gasteiger partial charge in [0.25, 0.3) is 0 Å². The number of hydrogen-bond acceptors (Lipinski definition) is 5. The first-order chi connectivity index (χ1) is 6.74. The van der Waals surface area contributed by atoms with E-state index in [2.05, 4.69) is 31.7 Å². The molecule has 0 aliphatic rings. The highest BCUT2D eigenvalue weighted by molar-refractivity contribution is 7.78. The highest BCUT2D eigenvalue weighted by Crippen LogP contribution is 2.34. The van der Waals surface area contributed by atoms with Gasteiger partial charge in [0.2, 0.25) is 0 Å². The number of fused-ring (bicyclic) bond motifs is 1. The SMILES string of the molecule is Cc1nsc2ncc(N=C=S)c(Cl)c12. The van der Waals surface area contributed by atoms with Crippen LogP contribution in [-0.2, 0) is 0 Å². The van der Waals surface area contributed by atoms with Gasteiger partial charge >= 0.3 is 0 Å². The van der Waals surface area contributed by atoms with Gasteiger partial charge in [0.1, 0.15) is 10.5 Å². The zero-order valence-electron chi connectivity index (χ0n) is 7.11. The molecule has 3 nitrogen and oxygen atoms in total. The second-order valence-electron chi connectivity index (χ2n) is 2.61. The Hall–Kier alpha value is -0.870. The van der Waals surface area contributed by atoms with Gasteiger partial charge in [-0.2, -0.15) is 9.37 Å². The van der Waals surface area contributed by atoms with Crippen LogP contribution in [0.3, 0.4) is 0 Å². The van der Waals surface area contributed by atoms with Gasteiger partial charge in [-0.15, -0.1) is 0 Å². The largest absolute Gasteiger partial charge is 0.241 e. The van der Waals surface area contributed by atoms with Gasteiger partial charge in [0, 0.05) is 0 Å². The van der Waals surface area contributed by atoms with Gasteiger partial charge in [0.05, 0.1) is 27.5 Å². The van der Waals surface area contributed by atoms with Gasteiger partial charge in [-0.1, -0.05) is 11.6 Å². The molecule has 0 unspecified atom stereocenters. The van der Waals surface area contributed by atoms with Crippen molar-refractivity contribution >= 4 is 56.4 Å². The second kappa shape index (κ2) is 3.71. The van der Waals surface area contributed by atoms with Crippen molar-refractivity contribution in [2.45, 2.75) is 6.92 Å². The van der Waals surface area contributed by atoms with Gasteiger partial charge in [-0.25, -0.2) is 4.98 Å². The summed E-state index contributed by atoms with van der Waals surface area (Å²) in [5.41, 5.74) is 1.40. The molecule has 0 aliphatic heterocycles. The minimum absolute atomic E-state index is 0.539. The highest BCUT2D eigenvalue weighted by atomic mass is 35.5. The molecule has 0 fully saturated rings. The van der Waals surface area contributed by atoms with Crippen LogP contribution in [0, 0.1) is 6.92 Å². The average molecular weight is 242 g/mol. The first-order valence-corrected chi connectivity index (χ1v) is 5.28. The van der Waals surface area contributed by atoms with E-state index in [1.165, 1.54) is 11.5 Å². The van der Waals surface area contributed by atoms with Crippen LogP contribution in [0.4, 0.5) is 5.69 Å². The summed E-state index contributed by atoms with van der Waals surface area (Å²) in [5, 5.41) is 3.66.